The van der Waals surface area contributed by atoms with Crippen LogP contribution in [0.25, 0.3) is 0 Å². The molecule has 1 unspecified atom stereocenters. The van der Waals surface area contributed by atoms with Crippen LogP contribution in [0, 0.1) is 0 Å². The first kappa shape index (κ1) is 18.1. The number of esters is 1. The van der Waals surface area contributed by atoms with Crippen molar-refractivity contribution >= 4 is 12.1 Å². The third-order valence-electron chi connectivity index (χ3n) is 3.83. The summed E-state index contributed by atoms with van der Waals surface area (Å²) in [6.45, 7) is 0.307. The molecule has 1 N–H and O–H groups in total. The molecule has 0 bridgehead atoms. The summed E-state index contributed by atoms with van der Waals surface area (Å²) in [5, 5.41) is 10.1. The number of nitrogens with zero attached hydrogens (tertiary/aromatic N) is 1. The normalized spacial score (nSPS) is 20.8. The van der Waals surface area contributed by atoms with Crippen molar-refractivity contribution in [2.45, 2.75) is 31.5 Å². The molecule has 1 aromatic carbocycles. The van der Waals surface area contributed by atoms with Crippen molar-refractivity contribution in [3.63, 3.8) is 0 Å². The molecule has 1 heterocycles. The van der Waals surface area contributed by atoms with Crippen molar-refractivity contribution in [2.75, 3.05) is 19.7 Å². The number of halogens is 2. The van der Waals surface area contributed by atoms with Crippen LogP contribution >= 0.6 is 0 Å². The van der Waals surface area contributed by atoms with Gasteiger partial charge in [0.2, 0.25) is 0 Å². The van der Waals surface area contributed by atoms with E-state index in [1.807, 2.05) is 6.07 Å². The fourth-order valence-electron chi connectivity index (χ4n) is 2.43. The minimum Gasteiger partial charge on any atom is -0.461 e. The molecule has 1 aliphatic rings. The molecule has 1 amide bonds. The first-order chi connectivity index (χ1) is 11.3. The SMILES string of the molecule is CCOC(=O)C(F)(F)C1(O)CCN(C(=O)OCc2ccccc2)C1. The van der Waals surface area contributed by atoms with Crippen LogP contribution in [0.4, 0.5) is 13.6 Å². The monoisotopic (exact) mass is 343 g/mol. The van der Waals surface area contributed by atoms with E-state index in [1.54, 1.807) is 24.3 Å². The molecule has 1 saturated heterocycles. The Bertz CT molecular complexity index is 595. The van der Waals surface area contributed by atoms with E-state index in [9.17, 15) is 23.5 Å². The highest BCUT2D eigenvalue weighted by atomic mass is 19.3. The second-order valence-corrected chi connectivity index (χ2v) is 5.54. The van der Waals surface area contributed by atoms with E-state index < -0.39 is 36.6 Å². The summed E-state index contributed by atoms with van der Waals surface area (Å²) >= 11 is 0. The fraction of sp³-hybridized carbons (Fsp3) is 0.500. The predicted molar refractivity (Wildman–Crippen MR) is 79.3 cm³/mol. The summed E-state index contributed by atoms with van der Waals surface area (Å²) in [5.74, 6) is -5.90. The lowest BCUT2D eigenvalue weighted by Gasteiger charge is -2.30. The first-order valence-electron chi connectivity index (χ1n) is 7.53. The Morgan fingerprint density at radius 3 is 2.58 bits per heavy atom. The molecule has 0 saturated carbocycles. The lowest BCUT2D eigenvalue weighted by molar-refractivity contribution is -0.209. The van der Waals surface area contributed by atoms with Crippen molar-refractivity contribution in [1.29, 1.82) is 0 Å². The molecule has 2 rings (SSSR count). The van der Waals surface area contributed by atoms with Gasteiger partial charge in [0.1, 0.15) is 6.61 Å². The van der Waals surface area contributed by atoms with Crippen molar-refractivity contribution < 1.29 is 33.0 Å². The molecule has 1 fully saturated rings. The van der Waals surface area contributed by atoms with Crippen molar-refractivity contribution in [3.8, 4) is 0 Å². The van der Waals surface area contributed by atoms with Gasteiger partial charge >= 0.3 is 18.0 Å². The molecule has 24 heavy (non-hydrogen) atoms. The number of hydrogen-bond acceptors (Lipinski definition) is 5. The molecule has 8 heteroatoms. The van der Waals surface area contributed by atoms with Gasteiger partial charge in [-0.2, -0.15) is 8.78 Å². The molecule has 0 aromatic heterocycles. The number of benzene rings is 1. The Balaban J connectivity index is 1.96. The highest BCUT2D eigenvalue weighted by molar-refractivity contribution is 5.80. The number of ether oxygens (including phenoxy) is 2. The number of alkyl halides is 2. The zero-order chi connectivity index (χ0) is 17.8. The van der Waals surface area contributed by atoms with Gasteiger partial charge in [-0.1, -0.05) is 30.3 Å². The van der Waals surface area contributed by atoms with Crippen molar-refractivity contribution in [1.82, 2.24) is 4.90 Å². The predicted octanol–water partition coefficient (Wildman–Crippen LogP) is 1.96. The Hall–Kier alpha value is -2.22. The van der Waals surface area contributed by atoms with Gasteiger partial charge in [-0.25, -0.2) is 9.59 Å². The van der Waals surface area contributed by atoms with Crippen LogP contribution < -0.4 is 0 Å². The maximum atomic E-state index is 14.1. The van der Waals surface area contributed by atoms with Gasteiger partial charge in [0.15, 0.2) is 5.60 Å². The van der Waals surface area contributed by atoms with Gasteiger partial charge in [-0.3, -0.25) is 0 Å². The summed E-state index contributed by atoms with van der Waals surface area (Å²) in [4.78, 5) is 24.3. The molecular formula is C16H19F2NO5. The quantitative estimate of drug-likeness (QED) is 0.827. The molecule has 0 spiro atoms. The third-order valence-corrected chi connectivity index (χ3v) is 3.83. The minimum atomic E-state index is -4.10. The maximum absolute atomic E-state index is 14.1. The van der Waals surface area contributed by atoms with Crippen molar-refractivity contribution in [3.05, 3.63) is 35.9 Å². The van der Waals surface area contributed by atoms with Gasteiger partial charge in [0.05, 0.1) is 13.2 Å². The number of rotatable bonds is 5. The van der Waals surface area contributed by atoms with E-state index in [-0.39, 0.29) is 19.8 Å². The van der Waals surface area contributed by atoms with Gasteiger partial charge in [0, 0.05) is 13.0 Å². The summed E-state index contributed by atoms with van der Waals surface area (Å²) in [6.07, 6.45) is -1.27. The van der Waals surface area contributed by atoms with Crippen molar-refractivity contribution in [2.24, 2.45) is 0 Å². The molecule has 1 aliphatic heterocycles. The second kappa shape index (κ2) is 7.12. The topological polar surface area (TPSA) is 76.1 Å². The van der Waals surface area contributed by atoms with E-state index >= 15 is 0 Å². The molecule has 132 valence electrons. The van der Waals surface area contributed by atoms with Crippen LogP contribution in [0.1, 0.15) is 18.9 Å². The number of hydrogen-bond donors (Lipinski definition) is 1. The zero-order valence-electron chi connectivity index (χ0n) is 13.2. The van der Waals surface area contributed by atoms with Gasteiger partial charge in [0.25, 0.3) is 0 Å². The molecule has 0 aliphatic carbocycles. The largest absolute Gasteiger partial charge is 0.461 e. The van der Waals surface area contributed by atoms with E-state index in [0.717, 1.165) is 10.5 Å². The van der Waals surface area contributed by atoms with E-state index in [2.05, 4.69) is 4.74 Å². The average molecular weight is 343 g/mol. The molecule has 0 radical (unpaired) electrons. The smallest absolute Gasteiger partial charge is 0.410 e. The average Bonchev–Trinajstić information content (AvgIpc) is 2.98. The molecular weight excluding hydrogens is 324 g/mol. The standard InChI is InChI=1S/C16H19F2NO5/c1-2-23-13(20)16(17,18)15(22)8-9-19(11-15)14(21)24-10-12-6-4-3-5-7-12/h3-7,22H,2,8-11H2,1H3. The van der Waals surface area contributed by atoms with E-state index in [4.69, 9.17) is 4.74 Å². The molecule has 1 aromatic rings. The fourth-order valence-corrected chi connectivity index (χ4v) is 2.43. The zero-order valence-corrected chi connectivity index (χ0v) is 13.2. The van der Waals surface area contributed by atoms with E-state index in [1.165, 1.54) is 6.92 Å². The summed E-state index contributed by atoms with van der Waals surface area (Å²) in [5.41, 5.74) is -1.91. The van der Waals surface area contributed by atoms with E-state index in [0.29, 0.717) is 0 Å². The number of amides is 1. The Morgan fingerprint density at radius 1 is 1.29 bits per heavy atom. The second-order valence-electron chi connectivity index (χ2n) is 5.54. The van der Waals surface area contributed by atoms with Gasteiger partial charge in [-0.05, 0) is 12.5 Å². The lowest BCUT2D eigenvalue weighted by atomic mass is 9.94. The summed E-state index contributed by atoms with van der Waals surface area (Å²) < 4.78 is 37.5. The number of likely N-dealkylation sites (tertiary alicyclic amines) is 1. The Morgan fingerprint density at radius 2 is 1.96 bits per heavy atom. The minimum absolute atomic E-state index is 0.0110. The van der Waals surface area contributed by atoms with Gasteiger partial charge in [-0.15, -0.1) is 0 Å². The number of aliphatic hydroxyl groups is 1. The highest BCUT2D eigenvalue weighted by Crippen LogP contribution is 2.37. The lowest BCUT2D eigenvalue weighted by Crippen LogP contribution is -2.55. The Kier molecular flexibility index (Phi) is 5.38. The van der Waals surface area contributed by atoms with Gasteiger partial charge < -0.3 is 19.5 Å². The first-order valence-corrected chi connectivity index (χ1v) is 7.53. The molecule has 1 atom stereocenters. The van der Waals surface area contributed by atoms with Crippen LogP contribution in [0.3, 0.4) is 0 Å². The van der Waals surface area contributed by atoms with Crippen LogP contribution in [-0.2, 0) is 20.9 Å². The number of β-amino-alcohol motifs (C(OH)–C–C–N with tert-alkyl or cyclic N) is 1. The third kappa shape index (κ3) is 3.64. The number of carbonyl (C=O) groups excluding carboxylic acids is 2. The number of carbonyl (C=O) groups is 2. The van der Waals surface area contributed by atoms with Crippen LogP contribution in [-0.4, -0.2) is 53.3 Å². The molecule has 6 nitrogen and oxygen atoms in total. The Labute approximate surface area is 138 Å². The van der Waals surface area contributed by atoms with Crippen LogP contribution in [0.2, 0.25) is 0 Å². The highest BCUT2D eigenvalue weighted by Gasteiger charge is 2.62. The van der Waals surface area contributed by atoms with Crippen LogP contribution in [0.15, 0.2) is 30.3 Å². The summed E-state index contributed by atoms with van der Waals surface area (Å²) in [6, 6.07) is 8.86. The maximum Gasteiger partial charge on any atom is 0.410 e. The summed E-state index contributed by atoms with van der Waals surface area (Å²) in [7, 11) is 0. The van der Waals surface area contributed by atoms with Crippen LogP contribution in [0.5, 0.6) is 0 Å².